The summed E-state index contributed by atoms with van der Waals surface area (Å²) in [6.45, 7) is 8.93. The third-order valence-electron chi connectivity index (χ3n) is 2.31. The normalized spacial score (nSPS) is 12.6. The van der Waals surface area contributed by atoms with E-state index in [-0.39, 0.29) is 11.9 Å². The van der Waals surface area contributed by atoms with E-state index in [0.29, 0.717) is 13.0 Å². The molecule has 0 aromatic carbocycles. The van der Waals surface area contributed by atoms with Gasteiger partial charge in [0.2, 0.25) is 5.91 Å². The Hall–Kier alpha value is -0.610. The SMILES string of the molecule is CCNC(CN)CC(=O)N(CC)CC. The highest BCUT2D eigenvalue weighted by Gasteiger charge is 2.14. The maximum atomic E-state index is 11.7. The maximum absolute atomic E-state index is 11.7. The van der Waals surface area contributed by atoms with Crippen molar-refractivity contribution < 1.29 is 4.79 Å². The predicted molar refractivity (Wildman–Crippen MR) is 59.1 cm³/mol. The van der Waals surface area contributed by atoms with E-state index in [2.05, 4.69) is 5.32 Å². The van der Waals surface area contributed by atoms with Gasteiger partial charge in [-0.25, -0.2) is 0 Å². The maximum Gasteiger partial charge on any atom is 0.224 e. The van der Waals surface area contributed by atoms with Gasteiger partial charge in [0, 0.05) is 32.1 Å². The van der Waals surface area contributed by atoms with Crippen molar-refractivity contribution in [1.29, 1.82) is 0 Å². The van der Waals surface area contributed by atoms with Gasteiger partial charge in [-0.05, 0) is 20.4 Å². The van der Waals surface area contributed by atoms with Crippen molar-refractivity contribution in [3.8, 4) is 0 Å². The molecule has 0 aliphatic heterocycles. The Balaban J connectivity index is 3.99. The Labute approximate surface area is 86.8 Å². The predicted octanol–water partition coefficient (Wildman–Crippen LogP) is 0.182. The summed E-state index contributed by atoms with van der Waals surface area (Å²) in [5.74, 6) is 0.186. The molecule has 0 aromatic rings. The van der Waals surface area contributed by atoms with E-state index in [1.807, 2.05) is 25.7 Å². The molecule has 4 heteroatoms. The highest BCUT2D eigenvalue weighted by atomic mass is 16.2. The zero-order chi connectivity index (χ0) is 11.0. The van der Waals surface area contributed by atoms with Crippen LogP contribution >= 0.6 is 0 Å². The number of rotatable bonds is 7. The van der Waals surface area contributed by atoms with Crippen LogP contribution in [0.5, 0.6) is 0 Å². The number of likely N-dealkylation sites (N-methyl/N-ethyl adjacent to an activating group) is 1. The lowest BCUT2D eigenvalue weighted by molar-refractivity contribution is -0.131. The first-order valence-corrected chi connectivity index (χ1v) is 5.40. The van der Waals surface area contributed by atoms with Crippen LogP contribution in [0.3, 0.4) is 0 Å². The molecule has 0 bridgehead atoms. The zero-order valence-electron chi connectivity index (χ0n) is 9.55. The number of nitrogens with two attached hydrogens (primary N) is 1. The molecule has 0 radical (unpaired) electrons. The van der Waals surface area contributed by atoms with Crippen LogP contribution in [0.4, 0.5) is 0 Å². The lowest BCUT2D eigenvalue weighted by atomic mass is 10.2. The van der Waals surface area contributed by atoms with Crippen molar-refractivity contribution in [1.82, 2.24) is 10.2 Å². The van der Waals surface area contributed by atoms with Crippen LogP contribution in [0.15, 0.2) is 0 Å². The average Bonchev–Trinajstić information content (AvgIpc) is 2.19. The Bertz CT molecular complexity index is 157. The summed E-state index contributed by atoms with van der Waals surface area (Å²) in [6, 6.07) is 0.119. The van der Waals surface area contributed by atoms with Gasteiger partial charge in [0.05, 0.1) is 0 Å². The molecule has 0 aliphatic rings. The molecule has 0 heterocycles. The summed E-state index contributed by atoms with van der Waals surface area (Å²) in [5.41, 5.74) is 5.56. The summed E-state index contributed by atoms with van der Waals surface area (Å²) in [7, 11) is 0. The van der Waals surface area contributed by atoms with Gasteiger partial charge in [0.25, 0.3) is 0 Å². The molecule has 0 rings (SSSR count). The molecule has 0 fully saturated rings. The van der Waals surface area contributed by atoms with E-state index in [4.69, 9.17) is 5.73 Å². The van der Waals surface area contributed by atoms with Crippen LogP contribution in [0, 0.1) is 0 Å². The molecule has 0 aromatic heterocycles. The molecule has 0 spiro atoms. The quantitative estimate of drug-likeness (QED) is 0.618. The van der Waals surface area contributed by atoms with Crippen molar-refractivity contribution >= 4 is 5.91 Å². The standard InChI is InChI=1S/C10H23N3O/c1-4-12-9(8-11)7-10(14)13(5-2)6-3/h9,12H,4-8,11H2,1-3H3. The Morgan fingerprint density at radius 1 is 1.36 bits per heavy atom. The van der Waals surface area contributed by atoms with Gasteiger partial charge in [-0.1, -0.05) is 6.92 Å². The Kier molecular flexibility index (Phi) is 7.42. The monoisotopic (exact) mass is 201 g/mol. The van der Waals surface area contributed by atoms with Crippen molar-refractivity contribution in [2.24, 2.45) is 5.73 Å². The van der Waals surface area contributed by atoms with Gasteiger partial charge in [-0.15, -0.1) is 0 Å². The Morgan fingerprint density at radius 3 is 2.29 bits per heavy atom. The van der Waals surface area contributed by atoms with Crippen LogP contribution in [-0.2, 0) is 4.79 Å². The summed E-state index contributed by atoms with van der Waals surface area (Å²) >= 11 is 0. The average molecular weight is 201 g/mol. The fourth-order valence-corrected chi connectivity index (χ4v) is 1.44. The number of carbonyl (C=O) groups excluding carboxylic acids is 1. The molecule has 1 atom stereocenters. The van der Waals surface area contributed by atoms with E-state index in [1.54, 1.807) is 0 Å². The number of nitrogens with one attached hydrogen (secondary N) is 1. The fraction of sp³-hybridized carbons (Fsp3) is 0.900. The van der Waals surface area contributed by atoms with Crippen LogP contribution < -0.4 is 11.1 Å². The first-order chi connectivity index (χ1) is 6.69. The molecule has 0 aliphatic carbocycles. The molecule has 1 unspecified atom stereocenters. The number of carbonyl (C=O) groups is 1. The smallest absolute Gasteiger partial charge is 0.224 e. The number of hydrogen-bond acceptors (Lipinski definition) is 3. The summed E-state index contributed by atoms with van der Waals surface area (Å²) in [4.78, 5) is 13.5. The molecule has 1 amide bonds. The molecule has 84 valence electrons. The lowest BCUT2D eigenvalue weighted by Crippen LogP contribution is -2.42. The third-order valence-corrected chi connectivity index (χ3v) is 2.31. The van der Waals surface area contributed by atoms with E-state index >= 15 is 0 Å². The topological polar surface area (TPSA) is 58.4 Å². The second-order valence-corrected chi connectivity index (χ2v) is 3.26. The minimum atomic E-state index is 0.119. The molecule has 0 saturated carbocycles. The van der Waals surface area contributed by atoms with Crippen molar-refractivity contribution in [2.45, 2.75) is 33.2 Å². The lowest BCUT2D eigenvalue weighted by Gasteiger charge is -2.22. The van der Waals surface area contributed by atoms with Crippen LogP contribution in [0.25, 0.3) is 0 Å². The van der Waals surface area contributed by atoms with Crippen molar-refractivity contribution in [3.63, 3.8) is 0 Å². The van der Waals surface area contributed by atoms with Gasteiger partial charge >= 0.3 is 0 Å². The molecule has 14 heavy (non-hydrogen) atoms. The minimum absolute atomic E-state index is 0.119. The first-order valence-electron chi connectivity index (χ1n) is 5.40. The first kappa shape index (κ1) is 13.4. The van der Waals surface area contributed by atoms with Crippen LogP contribution in [0.2, 0.25) is 0 Å². The highest BCUT2D eigenvalue weighted by molar-refractivity contribution is 5.76. The van der Waals surface area contributed by atoms with E-state index in [9.17, 15) is 4.79 Å². The van der Waals surface area contributed by atoms with Gasteiger partial charge in [0.15, 0.2) is 0 Å². The largest absolute Gasteiger partial charge is 0.343 e. The second kappa shape index (κ2) is 7.76. The number of nitrogens with zero attached hydrogens (tertiary/aromatic N) is 1. The van der Waals surface area contributed by atoms with Gasteiger partial charge in [-0.2, -0.15) is 0 Å². The minimum Gasteiger partial charge on any atom is -0.343 e. The van der Waals surface area contributed by atoms with E-state index in [1.165, 1.54) is 0 Å². The van der Waals surface area contributed by atoms with E-state index in [0.717, 1.165) is 19.6 Å². The summed E-state index contributed by atoms with van der Waals surface area (Å²) in [6.07, 6.45) is 0.506. The molecule has 0 saturated heterocycles. The second-order valence-electron chi connectivity index (χ2n) is 3.26. The number of hydrogen-bond donors (Lipinski definition) is 2. The van der Waals surface area contributed by atoms with Crippen molar-refractivity contribution in [3.05, 3.63) is 0 Å². The Morgan fingerprint density at radius 2 is 1.93 bits per heavy atom. The molecular weight excluding hydrogens is 178 g/mol. The van der Waals surface area contributed by atoms with Gasteiger partial charge in [0.1, 0.15) is 0 Å². The van der Waals surface area contributed by atoms with E-state index < -0.39 is 0 Å². The summed E-state index contributed by atoms with van der Waals surface area (Å²) in [5, 5.41) is 3.19. The number of amides is 1. The molecular formula is C10H23N3O. The zero-order valence-corrected chi connectivity index (χ0v) is 9.55. The summed E-state index contributed by atoms with van der Waals surface area (Å²) < 4.78 is 0. The third kappa shape index (κ3) is 4.58. The molecule has 3 N–H and O–H groups in total. The highest BCUT2D eigenvalue weighted by Crippen LogP contribution is 1.97. The van der Waals surface area contributed by atoms with Gasteiger partial charge < -0.3 is 16.0 Å². The van der Waals surface area contributed by atoms with Crippen LogP contribution in [-0.4, -0.2) is 43.0 Å². The van der Waals surface area contributed by atoms with Crippen LogP contribution in [0.1, 0.15) is 27.2 Å². The molecule has 4 nitrogen and oxygen atoms in total. The fourth-order valence-electron chi connectivity index (χ4n) is 1.44. The van der Waals surface area contributed by atoms with Gasteiger partial charge in [-0.3, -0.25) is 4.79 Å². The van der Waals surface area contributed by atoms with Crippen molar-refractivity contribution in [2.75, 3.05) is 26.2 Å².